The molecular formula is C11H13Cl2NO. The van der Waals surface area contributed by atoms with Crippen LogP contribution in [0, 0.1) is 0 Å². The summed E-state index contributed by atoms with van der Waals surface area (Å²) < 4.78 is 5.72. The highest BCUT2D eigenvalue weighted by Crippen LogP contribution is 2.25. The molecule has 0 aromatic heterocycles. The maximum atomic E-state index is 6.03. The Labute approximate surface area is 99.5 Å². The molecule has 1 aliphatic heterocycles. The van der Waals surface area contributed by atoms with E-state index in [0.29, 0.717) is 16.7 Å². The number of ether oxygens (including phenoxy) is 1. The van der Waals surface area contributed by atoms with Gasteiger partial charge in [-0.2, -0.15) is 0 Å². The number of nitrogens with one attached hydrogen (secondary N) is 1. The van der Waals surface area contributed by atoms with Crippen molar-refractivity contribution < 1.29 is 4.74 Å². The number of rotatable bonds is 3. The highest BCUT2D eigenvalue weighted by Gasteiger charge is 2.15. The Morgan fingerprint density at radius 3 is 2.67 bits per heavy atom. The molecular weight excluding hydrogens is 233 g/mol. The third-order valence-electron chi connectivity index (χ3n) is 2.54. The highest BCUT2D eigenvalue weighted by atomic mass is 35.5. The molecule has 1 aliphatic rings. The predicted molar refractivity (Wildman–Crippen MR) is 62.5 cm³/mol. The van der Waals surface area contributed by atoms with E-state index in [1.165, 1.54) is 0 Å². The Balaban J connectivity index is 1.97. The predicted octanol–water partition coefficient (Wildman–Crippen LogP) is 2.87. The molecule has 1 fully saturated rings. The third-order valence-corrected chi connectivity index (χ3v) is 3.25. The van der Waals surface area contributed by atoms with Gasteiger partial charge in [-0.25, -0.2) is 0 Å². The van der Waals surface area contributed by atoms with Gasteiger partial charge in [-0.1, -0.05) is 29.3 Å². The van der Waals surface area contributed by atoms with Gasteiger partial charge in [0.2, 0.25) is 0 Å². The van der Waals surface area contributed by atoms with Gasteiger partial charge >= 0.3 is 0 Å². The standard InChI is InChI=1S/C11H13Cl2NO/c12-10-2-1-3-11(13)9(10)7-15-8-4-5-14-6-8/h1-3,8,14H,4-7H2/t8-/m0/s1. The van der Waals surface area contributed by atoms with Gasteiger partial charge in [-0.3, -0.25) is 0 Å². The molecule has 0 unspecified atom stereocenters. The minimum Gasteiger partial charge on any atom is -0.372 e. The van der Waals surface area contributed by atoms with Crippen molar-refractivity contribution in [2.75, 3.05) is 13.1 Å². The van der Waals surface area contributed by atoms with Crippen LogP contribution in [0.4, 0.5) is 0 Å². The van der Waals surface area contributed by atoms with Crippen molar-refractivity contribution >= 4 is 23.2 Å². The zero-order valence-corrected chi connectivity index (χ0v) is 9.81. The fraction of sp³-hybridized carbons (Fsp3) is 0.455. The summed E-state index contributed by atoms with van der Waals surface area (Å²) >= 11 is 12.1. The summed E-state index contributed by atoms with van der Waals surface area (Å²) in [5.74, 6) is 0. The minimum absolute atomic E-state index is 0.289. The Morgan fingerprint density at radius 2 is 2.07 bits per heavy atom. The lowest BCUT2D eigenvalue weighted by Crippen LogP contribution is -2.16. The lowest BCUT2D eigenvalue weighted by atomic mass is 10.2. The monoisotopic (exact) mass is 245 g/mol. The molecule has 0 spiro atoms. The van der Waals surface area contributed by atoms with Crippen molar-refractivity contribution in [3.63, 3.8) is 0 Å². The number of benzene rings is 1. The van der Waals surface area contributed by atoms with Gasteiger partial charge < -0.3 is 10.1 Å². The Hall–Kier alpha value is -0.280. The van der Waals surface area contributed by atoms with E-state index in [4.69, 9.17) is 27.9 Å². The van der Waals surface area contributed by atoms with Crippen LogP contribution in [0.5, 0.6) is 0 Å². The topological polar surface area (TPSA) is 21.3 Å². The van der Waals surface area contributed by atoms with E-state index < -0.39 is 0 Å². The molecule has 82 valence electrons. The summed E-state index contributed by atoms with van der Waals surface area (Å²) in [6.45, 7) is 2.44. The van der Waals surface area contributed by atoms with E-state index in [2.05, 4.69) is 5.32 Å². The van der Waals surface area contributed by atoms with Gasteiger partial charge in [-0.05, 0) is 25.1 Å². The van der Waals surface area contributed by atoms with Crippen molar-refractivity contribution in [2.24, 2.45) is 0 Å². The Kier molecular flexibility index (Phi) is 3.87. The lowest BCUT2D eigenvalue weighted by molar-refractivity contribution is 0.0543. The molecule has 0 aliphatic carbocycles. The molecule has 1 atom stereocenters. The first-order valence-electron chi connectivity index (χ1n) is 5.02. The smallest absolute Gasteiger partial charge is 0.0750 e. The van der Waals surface area contributed by atoms with E-state index in [0.717, 1.165) is 25.1 Å². The van der Waals surface area contributed by atoms with Gasteiger partial charge in [0.05, 0.1) is 12.7 Å². The molecule has 1 heterocycles. The molecule has 0 radical (unpaired) electrons. The molecule has 2 nitrogen and oxygen atoms in total. The molecule has 1 N–H and O–H groups in total. The maximum absolute atomic E-state index is 6.03. The van der Waals surface area contributed by atoms with Crippen LogP contribution in [0.3, 0.4) is 0 Å². The van der Waals surface area contributed by atoms with E-state index in [1.807, 2.05) is 18.2 Å². The lowest BCUT2D eigenvalue weighted by Gasteiger charge is -2.12. The van der Waals surface area contributed by atoms with Gasteiger partial charge in [-0.15, -0.1) is 0 Å². The average Bonchev–Trinajstić information content (AvgIpc) is 2.70. The molecule has 0 bridgehead atoms. The molecule has 0 saturated carbocycles. The van der Waals surface area contributed by atoms with Crippen LogP contribution in [0.15, 0.2) is 18.2 Å². The molecule has 4 heteroatoms. The first-order valence-corrected chi connectivity index (χ1v) is 5.78. The number of hydrogen-bond acceptors (Lipinski definition) is 2. The summed E-state index contributed by atoms with van der Waals surface area (Å²) in [5.41, 5.74) is 0.882. The largest absolute Gasteiger partial charge is 0.372 e. The molecule has 15 heavy (non-hydrogen) atoms. The number of halogens is 2. The van der Waals surface area contributed by atoms with E-state index in [9.17, 15) is 0 Å². The minimum atomic E-state index is 0.289. The molecule has 1 aromatic carbocycles. The van der Waals surface area contributed by atoms with E-state index in [-0.39, 0.29) is 6.10 Å². The van der Waals surface area contributed by atoms with Gasteiger partial charge in [0.25, 0.3) is 0 Å². The maximum Gasteiger partial charge on any atom is 0.0750 e. The van der Waals surface area contributed by atoms with Crippen molar-refractivity contribution in [3.05, 3.63) is 33.8 Å². The van der Waals surface area contributed by atoms with Gasteiger partial charge in [0.1, 0.15) is 0 Å². The Morgan fingerprint density at radius 1 is 1.33 bits per heavy atom. The normalized spacial score (nSPS) is 20.8. The fourth-order valence-corrected chi connectivity index (χ4v) is 2.15. The second-order valence-corrected chi connectivity index (χ2v) is 4.44. The van der Waals surface area contributed by atoms with Crippen LogP contribution in [0.2, 0.25) is 10.0 Å². The quantitative estimate of drug-likeness (QED) is 0.885. The Bertz CT molecular complexity index is 317. The second-order valence-electron chi connectivity index (χ2n) is 3.63. The molecule has 1 saturated heterocycles. The summed E-state index contributed by atoms with van der Waals surface area (Å²) in [6.07, 6.45) is 1.35. The molecule has 1 aromatic rings. The van der Waals surface area contributed by atoms with Crippen LogP contribution in [0.25, 0.3) is 0 Å². The average molecular weight is 246 g/mol. The van der Waals surface area contributed by atoms with Crippen LogP contribution >= 0.6 is 23.2 Å². The summed E-state index contributed by atoms with van der Waals surface area (Å²) in [7, 11) is 0. The van der Waals surface area contributed by atoms with Crippen molar-refractivity contribution in [1.29, 1.82) is 0 Å². The number of hydrogen-bond donors (Lipinski definition) is 1. The first-order chi connectivity index (χ1) is 7.27. The summed E-state index contributed by atoms with van der Waals surface area (Å²) in [5, 5.41) is 4.60. The molecule has 2 rings (SSSR count). The van der Waals surface area contributed by atoms with Crippen molar-refractivity contribution in [3.8, 4) is 0 Å². The summed E-state index contributed by atoms with van der Waals surface area (Å²) in [6, 6.07) is 5.50. The van der Waals surface area contributed by atoms with Crippen LogP contribution in [-0.2, 0) is 11.3 Å². The second kappa shape index (κ2) is 5.17. The van der Waals surface area contributed by atoms with Crippen molar-refractivity contribution in [1.82, 2.24) is 5.32 Å². The van der Waals surface area contributed by atoms with E-state index in [1.54, 1.807) is 0 Å². The van der Waals surface area contributed by atoms with Gasteiger partial charge in [0, 0.05) is 22.2 Å². The van der Waals surface area contributed by atoms with E-state index >= 15 is 0 Å². The highest BCUT2D eigenvalue weighted by molar-refractivity contribution is 6.35. The zero-order valence-electron chi connectivity index (χ0n) is 8.30. The molecule has 0 amide bonds. The van der Waals surface area contributed by atoms with Crippen LogP contribution in [-0.4, -0.2) is 19.2 Å². The van der Waals surface area contributed by atoms with Crippen LogP contribution < -0.4 is 5.32 Å². The summed E-state index contributed by atoms with van der Waals surface area (Å²) in [4.78, 5) is 0. The fourth-order valence-electron chi connectivity index (χ4n) is 1.64. The van der Waals surface area contributed by atoms with Gasteiger partial charge in [0.15, 0.2) is 0 Å². The third kappa shape index (κ3) is 2.85. The van der Waals surface area contributed by atoms with Crippen LogP contribution in [0.1, 0.15) is 12.0 Å². The first kappa shape index (κ1) is 11.2. The SMILES string of the molecule is Clc1cccc(Cl)c1CO[C@H]1CCNC1. The van der Waals surface area contributed by atoms with Crippen molar-refractivity contribution in [2.45, 2.75) is 19.1 Å². The zero-order chi connectivity index (χ0) is 10.7.